The van der Waals surface area contributed by atoms with Crippen LogP contribution in [0, 0.1) is 13.8 Å². The van der Waals surface area contributed by atoms with Crippen molar-refractivity contribution < 1.29 is 13.2 Å². The molecule has 0 atom stereocenters. The van der Waals surface area contributed by atoms with Crippen LogP contribution in [0.4, 0.5) is 5.82 Å². The molecule has 2 aromatic rings. The van der Waals surface area contributed by atoms with Gasteiger partial charge in [-0.2, -0.15) is 0 Å². The first-order valence-corrected chi connectivity index (χ1v) is 8.54. The first-order chi connectivity index (χ1) is 10.4. The van der Waals surface area contributed by atoms with Crippen molar-refractivity contribution in [3.05, 3.63) is 53.7 Å². The van der Waals surface area contributed by atoms with E-state index >= 15 is 0 Å². The summed E-state index contributed by atoms with van der Waals surface area (Å²) >= 11 is 0. The second kappa shape index (κ2) is 6.70. The summed E-state index contributed by atoms with van der Waals surface area (Å²) < 4.78 is 24.3. The van der Waals surface area contributed by atoms with E-state index in [0.29, 0.717) is 5.82 Å². The van der Waals surface area contributed by atoms with Gasteiger partial charge in [0.05, 0.1) is 10.6 Å². The summed E-state index contributed by atoms with van der Waals surface area (Å²) in [5, 5.41) is 2.60. The van der Waals surface area contributed by atoms with Gasteiger partial charge in [-0.05, 0) is 43.7 Å². The maximum atomic E-state index is 12.2. The van der Waals surface area contributed by atoms with Crippen LogP contribution in [-0.4, -0.2) is 25.1 Å². The maximum Gasteiger partial charge on any atom is 0.226 e. The molecule has 1 N–H and O–H groups in total. The zero-order valence-electron chi connectivity index (χ0n) is 12.5. The molecule has 116 valence electrons. The molecule has 2 rings (SSSR count). The topological polar surface area (TPSA) is 76.1 Å². The fraction of sp³-hybridized carbons (Fsp3) is 0.250. The fourth-order valence-corrected chi connectivity index (χ4v) is 3.14. The van der Waals surface area contributed by atoms with E-state index in [2.05, 4.69) is 10.3 Å². The molecule has 0 spiro atoms. The van der Waals surface area contributed by atoms with Gasteiger partial charge in [0.2, 0.25) is 5.91 Å². The van der Waals surface area contributed by atoms with Gasteiger partial charge in [-0.25, -0.2) is 13.4 Å². The molecule has 0 aliphatic rings. The lowest BCUT2D eigenvalue weighted by molar-refractivity contribution is -0.115. The monoisotopic (exact) mass is 318 g/mol. The average molecular weight is 318 g/mol. The second-order valence-corrected chi connectivity index (χ2v) is 7.26. The second-order valence-electron chi connectivity index (χ2n) is 5.15. The molecule has 1 amide bonds. The standard InChI is InChI=1S/C16H18N2O3S/c1-12-3-5-14(6-4-12)22(20,21)10-8-16(19)18-15-11-13(2)7-9-17-15/h3-7,9,11H,8,10H2,1-2H3,(H,17,18,19). The van der Waals surface area contributed by atoms with Gasteiger partial charge in [0.15, 0.2) is 9.84 Å². The number of hydrogen-bond donors (Lipinski definition) is 1. The van der Waals surface area contributed by atoms with E-state index in [1.165, 1.54) is 0 Å². The Balaban J connectivity index is 1.97. The molecule has 1 aromatic heterocycles. The Labute approximate surface area is 130 Å². The minimum Gasteiger partial charge on any atom is -0.311 e. The molecule has 6 heteroatoms. The van der Waals surface area contributed by atoms with Crippen LogP contribution in [0.3, 0.4) is 0 Å². The van der Waals surface area contributed by atoms with Crippen LogP contribution >= 0.6 is 0 Å². The molecule has 0 aliphatic heterocycles. The molecule has 0 saturated carbocycles. The van der Waals surface area contributed by atoms with Crippen LogP contribution in [0.5, 0.6) is 0 Å². The number of aryl methyl sites for hydroxylation is 2. The SMILES string of the molecule is Cc1ccc(S(=O)(=O)CCC(=O)Nc2cc(C)ccn2)cc1. The van der Waals surface area contributed by atoms with Crippen LogP contribution in [0.25, 0.3) is 0 Å². The summed E-state index contributed by atoms with van der Waals surface area (Å²) in [5.41, 5.74) is 1.96. The number of sulfone groups is 1. The van der Waals surface area contributed by atoms with Crippen molar-refractivity contribution in [1.82, 2.24) is 4.98 Å². The minimum absolute atomic E-state index is 0.105. The number of hydrogen-bond acceptors (Lipinski definition) is 4. The summed E-state index contributed by atoms with van der Waals surface area (Å²) in [7, 11) is -3.45. The first-order valence-electron chi connectivity index (χ1n) is 6.89. The Bertz CT molecular complexity index is 768. The van der Waals surface area contributed by atoms with Crippen molar-refractivity contribution in [2.75, 3.05) is 11.1 Å². The lowest BCUT2D eigenvalue weighted by Crippen LogP contribution is -2.18. The largest absolute Gasteiger partial charge is 0.311 e. The Morgan fingerprint density at radius 2 is 1.77 bits per heavy atom. The van der Waals surface area contributed by atoms with Gasteiger partial charge in [-0.15, -0.1) is 0 Å². The zero-order chi connectivity index (χ0) is 16.2. The van der Waals surface area contributed by atoms with Crippen LogP contribution in [-0.2, 0) is 14.6 Å². The molecule has 5 nitrogen and oxygen atoms in total. The Morgan fingerprint density at radius 3 is 2.41 bits per heavy atom. The number of carbonyl (C=O) groups excluding carboxylic acids is 1. The van der Waals surface area contributed by atoms with Crippen molar-refractivity contribution in [2.45, 2.75) is 25.2 Å². The van der Waals surface area contributed by atoms with Gasteiger partial charge in [0.1, 0.15) is 5.82 Å². The summed E-state index contributed by atoms with van der Waals surface area (Å²) in [5.74, 6) is -0.167. The third-order valence-electron chi connectivity index (χ3n) is 3.16. The van der Waals surface area contributed by atoms with Gasteiger partial charge >= 0.3 is 0 Å². The number of aromatic nitrogens is 1. The lowest BCUT2D eigenvalue weighted by atomic mass is 10.2. The van der Waals surface area contributed by atoms with E-state index in [4.69, 9.17) is 0 Å². The minimum atomic E-state index is -3.45. The van der Waals surface area contributed by atoms with Gasteiger partial charge in [-0.3, -0.25) is 4.79 Å². The number of carbonyl (C=O) groups is 1. The highest BCUT2D eigenvalue weighted by Gasteiger charge is 2.16. The molecule has 0 saturated heterocycles. The molecule has 0 fully saturated rings. The smallest absolute Gasteiger partial charge is 0.226 e. The number of amides is 1. The van der Waals surface area contributed by atoms with Crippen molar-refractivity contribution in [3.8, 4) is 0 Å². The van der Waals surface area contributed by atoms with E-state index in [-0.39, 0.29) is 23.0 Å². The average Bonchev–Trinajstić information content (AvgIpc) is 2.46. The fourth-order valence-electron chi connectivity index (χ4n) is 1.90. The van der Waals surface area contributed by atoms with Gasteiger partial charge in [0.25, 0.3) is 0 Å². The maximum absolute atomic E-state index is 12.2. The number of benzene rings is 1. The third-order valence-corrected chi connectivity index (χ3v) is 4.89. The predicted octanol–water partition coefficient (Wildman–Crippen LogP) is 2.50. The highest BCUT2D eigenvalue weighted by atomic mass is 32.2. The Hall–Kier alpha value is -2.21. The van der Waals surface area contributed by atoms with Crippen LogP contribution in [0.15, 0.2) is 47.5 Å². The third kappa shape index (κ3) is 4.39. The van der Waals surface area contributed by atoms with Gasteiger partial charge < -0.3 is 5.32 Å². The summed E-state index contributed by atoms with van der Waals surface area (Å²) in [6.07, 6.45) is 1.49. The van der Waals surface area contributed by atoms with E-state index < -0.39 is 9.84 Å². The van der Waals surface area contributed by atoms with Crippen LogP contribution < -0.4 is 5.32 Å². The van der Waals surface area contributed by atoms with Gasteiger partial charge in [-0.1, -0.05) is 17.7 Å². The van der Waals surface area contributed by atoms with E-state index in [1.807, 2.05) is 19.9 Å². The molecular formula is C16H18N2O3S. The van der Waals surface area contributed by atoms with Crippen molar-refractivity contribution in [1.29, 1.82) is 0 Å². The highest BCUT2D eigenvalue weighted by Crippen LogP contribution is 2.13. The predicted molar refractivity (Wildman–Crippen MR) is 85.5 cm³/mol. The van der Waals surface area contributed by atoms with Crippen molar-refractivity contribution in [2.24, 2.45) is 0 Å². The Kier molecular flexibility index (Phi) is 4.92. The molecule has 0 radical (unpaired) electrons. The van der Waals surface area contributed by atoms with Gasteiger partial charge in [0, 0.05) is 12.6 Å². The highest BCUT2D eigenvalue weighted by molar-refractivity contribution is 7.91. The molecular weight excluding hydrogens is 300 g/mol. The lowest BCUT2D eigenvalue weighted by Gasteiger charge is -2.06. The zero-order valence-corrected chi connectivity index (χ0v) is 13.4. The van der Waals surface area contributed by atoms with E-state index in [1.54, 1.807) is 36.5 Å². The van der Waals surface area contributed by atoms with Crippen molar-refractivity contribution in [3.63, 3.8) is 0 Å². The molecule has 22 heavy (non-hydrogen) atoms. The quantitative estimate of drug-likeness (QED) is 0.919. The number of nitrogens with one attached hydrogen (secondary N) is 1. The number of pyridine rings is 1. The van der Waals surface area contributed by atoms with E-state index in [0.717, 1.165) is 11.1 Å². The van der Waals surface area contributed by atoms with Crippen molar-refractivity contribution >= 4 is 21.6 Å². The van der Waals surface area contributed by atoms with Crippen LogP contribution in [0.2, 0.25) is 0 Å². The summed E-state index contributed by atoms with van der Waals surface area (Å²) in [6, 6.07) is 10.1. The van der Waals surface area contributed by atoms with Crippen LogP contribution in [0.1, 0.15) is 17.5 Å². The number of anilines is 1. The first kappa shape index (κ1) is 16.2. The van der Waals surface area contributed by atoms with E-state index in [9.17, 15) is 13.2 Å². The molecule has 1 aromatic carbocycles. The number of rotatable bonds is 5. The Morgan fingerprint density at radius 1 is 1.09 bits per heavy atom. The summed E-state index contributed by atoms with van der Waals surface area (Å²) in [4.78, 5) is 16.1. The normalized spacial score (nSPS) is 11.2. The number of nitrogens with zero attached hydrogens (tertiary/aromatic N) is 1. The molecule has 1 heterocycles. The molecule has 0 bridgehead atoms. The molecule has 0 aliphatic carbocycles. The summed E-state index contributed by atoms with van der Waals surface area (Å²) in [6.45, 7) is 3.78. The molecule has 0 unspecified atom stereocenters.